The molecule has 2 atom stereocenters. The molecule has 0 radical (unpaired) electrons. The first-order valence-electron chi connectivity index (χ1n) is 8.87. The van der Waals surface area contributed by atoms with Gasteiger partial charge in [-0.05, 0) is 44.2 Å². The quantitative estimate of drug-likeness (QED) is 0.701. The van der Waals surface area contributed by atoms with Crippen LogP contribution in [0, 0.1) is 0 Å². The second kappa shape index (κ2) is 6.89. The minimum absolute atomic E-state index is 0.128. The lowest BCUT2D eigenvalue weighted by Crippen LogP contribution is -2.34. The molecule has 0 spiro atoms. The largest absolute Gasteiger partial charge is 0.479 e. The molecular formula is C19H18N4O5S. The number of aliphatic imine (C=N–C) groups is 1. The second-order valence-electron chi connectivity index (χ2n) is 6.70. The minimum Gasteiger partial charge on any atom is -0.479 e. The highest BCUT2D eigenvalue weighted by Gasteiger charge is 2.31. The normalized spacial score (nSPS) is 21.2. The third kappa shape index (κ3) is 3.54. The fraction of sp³-hybridized carbons (Fsp3) is 0.211. The summed E-state index contributed by atoms with van der Waals surface area (Å²) in [7, 11) is -3.67. The number of fused-ring (bicyclic) bond motifs is 2. The Morgan fingerprint density at radius 3 is 2.79 bits per heavy atom. The van der Waals surface area contributed by atoms with Gasteiger partial charge in [-0.25, -0.2) is 8.42 Å². The molecule has 0 bridgehead atoms. The Morgan fingerprint density at radius 2 is 2.00 bits per heavy atom. The average Bonchev–Trinajstić information content (AvgIpc) is 2.93. The summed E-state index contributed by atoms with van der Waals surface area (Å²) < 4.78 is 32.2. The van der Waals surface area contributed by atoms with Crippen LogP contribution >= 0.6 is 0 Å². The number of amides is 2. The van der Waals surface area contributed by atoms with Crippen LogP contribution in [0.1, 0.15) is 19.4 Å². The van der Waals surface area contributed by atoms with Gasteiger partial charge >= 0.3 is 0 Å². The molecule has 0 unspecified atom stereocenters. The second-order valence-corrected chi connectivity index (χ2v) is 8.36. The van der Waals surface area contributed by atoms with Crippen molar-refractivity contribution in [2.75, 3.05) is 10.6 Å². The Hall–Kier alpha value is -3.40. The molecule has 4 rings (SSSR count). The zero-order valence-electron chi connectivity index (χ0n) is 15.6. The molecule has 2 aromatic carbocycles. The number of carbonyl (C=O) groups excluding carboxylic acids is 2. The fourth-order valence-electron chi connectivity index (χ4n) is 3.02. The van der Waals surface area contributed by atoms with Gasteiger partial charge in [-0.2, -0.15) is 0 Å². The molecule has 0 aromatic heterocycles. The molecule has 2 aliphatic heterocycles. The predicted molar refractivity (Wildman–Crippen MR) is 107 cm³/mol. The van der Waals surface area contributed by atoms with Gasteiger partial charge < -0.3 is 15.4 Å². The molecule has 9 nitrogen and oxygen atoms in total. The molecule has 2 aromatic rings. The minimum atomic E-state index is -3.67. The maximum absolute atomic E-state index is 12.5. The van der Waals surface area contributed by atoms with Gasteiger partial charge in [0.1, 0.15) is 17.6 Å². The first-order valence-corrected chi connectivity index (χ1v) is 10.4. The Kier molecular flexibility index (Phi) is 4.50. The van der Waals surface area contributed by atoms with Gasteiger partial charge in [0.2, 0.25) is 5.91 Å². The number of rotatable bonds is 3. The number of benzene rings is 2. The van der Waals surface area contributed by atoms with E-state index < -0.39 is 28.1 Å². The Balaban J connectivity index is 1.52. The third-order valence-electron chi connectivity index (χ3n) is 4.54. The van der Waals surface area contributed by atoms with Crippen molar-refractivity contribution in [3.05, 3.63) is 48.0 Å². The van der Waals surface area contributed by atoms with Crippen molar-refractivity contribution >= 4 is 39.0 Å². The van der Waals surface area contributed by atoms with Crippen molar-refractivity contribution in [2.45, 2.75) is 30.9 Å². The maximum atomic E-state index is 12.5. The zero-order chi connectivity index (χ0) is 20.8. The summed E-state index contributed by atoms with van der Waals surface area (Å²) in [4.78, 5) is 28.7. The summed E-state index contributed by atoms with van der Waals surface area (Å²) in [5.74, 6) is -0.0610. The van der Waals surface area contributed by atoms with Gasteiger partial charge in [0.15, 0.2) is 6.10 Å². The zero-order valence-corrected chi connectivity index (χ0v) is 16.4. The number of sulfonamides is 1. The molecule has 3 N–H and O–H groups in total. The molecule has 2 heterocycles. The fourth-order valence-corrected chi connectivity index (χ4v) is 4.25. The van der Waals surface area contributed by atoms with E-state index in [4.69, 9.17) is 4.74 Å². The molecule has 2 aliphatic rings. The van der Waals surface area contributed by atoms with Gasteiger partial charge in [0, 0.05) is 11.3 Å². The van der Waals surface area contributed by atoms with Crippen LogP contribution in [0.3, 0.4) is 0 Å². The smallest absolute Gasteiger partial charge is 0.265 e. The number of carbonyl (C=O) groups is 2. The number of amidine groups is 1. The van der Waals surface area contributed by atoms with Gasteiger partial charge in [0.25, 0.3) is 15.9 Å². The van der Waals surface area contributed by atoms with Crippen molar-refractivity contribution < 1.29 is 22.7 Å². The molecule has 29 heavy (non-hydrogen) atoms. The first kappa shape index (κ1) is 18.9. The van der Waals surface area contributed by atoms with E-state index in [0.29, 0.717) is 22.7 Å². The number of ether oxygens (including phenoxy) is 1. The highest BCUT2D eigenvalue weighted by atomic mass is 32.2. The molecule has 10 heteroatoms. The number of hydrogen-bond acceptors (Lipinski definition) is 6. The highest BCUT2D eigenvalue weighted by Crippen LogP contribution is 2.32. The van der Waals surface area contributed by atoms with Crippen LogP contribution in [-0.2, 0) is 19.6 Å². The van der Waals surface area contributed by atoms with E-state index in [1.165, 1.54) is 6.07 Å². The summed E-state index contributed by atoms with van der Waals surface area (Å²) in [6.45, 7) is 3.20. The molecule has 0 aliphatic carbocycles. The van der Waals surface area contributed by atoms with Gasteiger partial charge in [-0.1, -0.05) is 12.1 Å². The molecule has 2 amide bonds. The maximum Gasteiger partial charge on any atom is 0.265 e. The van der Waals surface area contributed by atoms with Crippen molar-refractivity contribution in [3.8, 4) is 5.75 Å². The Bertz CT molecular complexity index is 1160. The molecule has 0 saturated carbocycles. The van der Waals surface area contributed by atoms with Crippen LogP contribution in [0.15, 0.2) is 52.4 Å². The lowest BCUT2D eigenvalue weighted by molar-refractivity contribution is -0.122. The lowest BCUT2D eigenvalue weighted by Gasteiger charge is -2.23. The topological polar surface area (TPSA) is 126 Å². The predicted octanol–water partition coefficient (Wildman–Crippen LogP) is 1.47. The highest BCUT2D eigenvalue weighted by molar-refractivity contribution is 7.90. The summed E-state index contributed by atoms with van der Waals surface area (Å²) in [5, 5.41) is 5.42. The van der Waals surface area contributed by atoms with Crippen molar-refractivity contribution in [1.29, 1.82) is 0 Å². The van der Waals surface area contributed by atoms with E-state index in [1.807, 2.05) is 0 Å². The SMILES string of the molecule is C[C@H](N=C1NS(=O)(=O)c2ccccc21)C(=O)Nc1ccc2c(c1)NC(=O)[C@@H](C)O2. The number of hydrogen-bond donors (Lipinski definition) is 3. The summed E-state index contributed by atoms with van der Waals surface area (Å²) >= 11 is 0. The van der Waals surface area contributed by atoms with Crippen LogP contribution < -0.4 is 20.1 Å². The van der Waals surface area contributed by atoms with E-state index in [1.54, 1.807) is 50.2 Å². The first-order chi connectivity index (χ1) is 13.7. The number of nitrogens with zero attached hydrogens (tertiary/aromatic N) is 1. The molecular weight excluding hydrogens is 396 g/mol. The van der Waals surface area contributed by atoms with Crippen LogP contribution in [0.2, 0.25) is 0 Å². The number of nitrogens with one attached hydrogen (secondary N) is 3. The van der Waals surface area contributed by atoms with E-state index in [-0.39, 0.29) is 16.6 Å². The van der Waals surface area contributed by atoms with Crippen LogP contribution in [0.25, 0.3) is 0 Å². The Morgan fingerprint density at radius 1 is 1.24 bits per heavy atom. The van der Waals surface area contributed by atoms with E-state index in [2.05, 4.69) is 20.3 Å². The molecule has 0 fully saturated rings. The molecule has 0 saturated heterocycles. The van der Waals surface area contributed by atoms with Crippen LogP contribution in [0.4, 0.5) is 11.4 Å². The van der Waals surface area contributed by atoms with E-state index in [9.17, 15) is 18.0 Å². The van der Waals surface area contributed by atoms with Crippen molar-refractivity contribution in [1.82, 2.24) is 4.72 Å². The van der Waals surface area contributed by atoms with E-state index in [0.717, 1.165) is 0 Å². The van der Waals surface area contributed by atoms with Crippen LogP contribution in [-0.4, -0.2) is 38.2 Å². The summed E-state index contributed by atoms with van der Waals surface area (Å²) in [6, 6.07) is 10.5. The van der Waals surface area contributed by atoms with Gasteiger partial charge in [-0.3, -0.25) is 19.3 Å². The molecule has 150 valence electrons. The lowest BCUT2D eigenvalue weighted by atomic mass is 10.2. The van der Waals surface area contributed by atoms with Gasteiger partial charge in [0.05, 0.1) is 10.6 Å². The summed E-state index contributed by atoms with van der Waals surface area (Å²) in [6.07, 6.45) is -0.586. The number of anilines is 2. The van der Waals surface area contributed by atoms with Crippen molar-refractivity contribution in [3.63, 3.8) is 0 Å². The Labute approximate surface area is 167 Å². The summed E-state index contributed by atoms with van der Waals surface area (Å²) in [5.41, 5.74) is 1.34. The average molecular weight is 414 g/mol. The van der Waals surface area contributed by atoms with Crippen LogP contribution in [0.5, 0.6) is 5.75 Å². The van der Waals surface area contributed by atoms with E-state index >= 15 is 0 Å². The standard InChI is InChI=1S/C19H18N4O5S/c1-10(20-17-13-5-3-4-6-16(13)29(26,27)23-17)18(24)21-12-7-8-15-14(9-12)22-19(25)11(2)28-15/h3-11H,1-2H3,(H,20,23)(H,21,24)(H,22,25)/t10-,11+/m0/s1. The van der Waals surface area contributed by atoms with Crippen molar-refractivity contribution in [2.24, 2.45) is 4.99 Å². The monoisotopic (exact) mass is 414 g/mol. The third-order valence-corrected chi connectivity index (χ3v) is 5.94. The van der Waals surface area contributed by atoms with Gasteiger partial charge in [-0.15, -0.1) is 0 Å².